The van der Waals surface area contributed by atoms with Gasteiger partial charge in [-0.1, -0.05) is 81.4 Å². The number of alkyl halides is 6. The van der Waals surface area contributed by atoms with Gasteiger partial charge in [-0.05, 0) is 6.92 Å². The third-order valence-corrected chi connectivity index (χ3v) is 5.90. The maximum atomic E-state index is 12.7. The SMILES string of the molecule is C[C@@H](OC(=O)OCC(Cl)(Cl)Cl)[C@H]1C(=O)N2C(C(=O)OCC(Cl)(Cl)Cl)=C(COC(N)=O)S[C@H]12. The number of nitrogens with two attached hydrogens (primary N) is 1. The molecule has 32 heavy (non-hydrogen) atoms. The third-order valence-electron chi connectivity index (χ3n) is 3.90. The maximum Gasteiger partial charge on any atom is 0.508 e. The zero-order chi connectivity index (χ0) is 24.4. The largest absolute Gasteiger partial charge is 0.508 e. The highest BCUT2D eigenvalue weighted by molar-refractivity contribution is 8.04. The molecule has 2 aliphatic heterocycles. The van der Waals surface area contributed by atoms with E-state index in [9.17, 15) is 19.2 Å². The Hall–Kier alpha value is -0.690. The van der Waals surface area contributed by atoms with E-state index < -0.39 is 68.9 Å². The zero-order valence-corrected chi connectivity index (χ0v) is 21.2. The molecule has 2 N–H and O–H groups in total. The van der Waals surface area contributed by atoms with E-state index in [0.717, 1.165) is 16.7 Å². The summed E-state index contributed by atoms with van der Waals surface area (Å²) in [5.41, 5.74) is 4.76. The van der Waals surface area contributed by atoms with E-state index in [0.29, 0.717) is 0 Å². The average molecular weight is 595 g/mol. The van der Waals surface area contributed by atoms with Gasteiger partial charge in [0.2, 0.25) is 13.5 Å². The summed E-state index contributed by atoms with van der Waals surface area (Å²) in [5, 5.41) is -0.680. The molecule has 0 aliphatic carbocycles. The van der Waals surface area contributed by atoms with Crippen LogP contribution in [-0.4, -0.2) is 67.9 Å². The lowest BCUT2D eigenvalue weighted by atomic mass is 9.92. The van der Waals surface area contributed by atoms with E-state index in [1.807, 2.05) is 0 Å². The fourth-order valence-electron chi connectivity index (χ4n) is 2.69. The van der Waals surface area contributed by atoms with Gasteiger partial charge in [-0.3, -0.25) is 9.69 Å². The predicted octanol–water partition coefficient (Wildman–Crippen LogP) is 3.65. The number of β-lactam (4-membered cyclic amide) rings is 1. The van der Waals surface area contributed by atoms with Gasteiger partial charge in [0.25, 0.3) is 0 Å². The molecule has 0 unspecified atom stereocenters. The standard InChI is InChI=1S/C15H14Cl6N2O8S/c1-5(31-13(27)30-4-15(19,20)21)7-9(24)23-8(11(25)29-3-14(16,17)18)6(32-10(7)23)2-28-12(22)26/h5,7,10H,2-4H2,1H3,(H2,22,26)/t5-,7+,10-/m1/s1. The monoisotopic (exact) mass is 592 g/mol. The molecule has 3 atom stereocenters. The first kappa shape index (κ1) is 27.6. The lowest BCUT2D eigenvalue weighted by molar-refractivity contribution is -0.159. The van der Waals surface area contributed by atoms with Crippen molar-refractivity contribution in [2.75, 3.05) is 19.8 Å². The second-order valence-electron chi connectivity index (χ2n) is 6.29. The molecule has 17 heteroatoms. The molecule has 0 spiro atoms. The van der Waals surface area contributed by atoms with Crippen LogP contribution in [0.3, 0.4) is 0 Å². The van der Waals surface area contributed by atoms with Crippen LogP contribution in [0, 0.1) is 5.92 Å². The number of halogens is 6. The Labute approximate surface area is 215 Å². The van der Waals surface area contributed by atoms with Crippen LogP contribution < -0.4 is 5.73 Å². The fourth-order valence-corrected chi connectivity index (χ4v) is 4.52. The Bertz CT molecular complexity index is 830. The highest BCUT2D eigenvalue weighted by Gasteiger charge is 2.59. The molecule has 0 saturated carbocycles. The van der Waals surface area contributed by atoms with Gasteiger partial charge in [0.15, 0.2) is 0 Å². The third kappa shape index (κ3) is 7.41. The summed E-state index contributed by atoms with van der Waals surface area (Å²) in [4.78, 5) is 49.3. The highest BCUT2D eigenvalue weighted by atomic mass is 35.6. The number of thioether (sulfide) groups is 1. The molecular formula is C15H14Cl6N2O8S. The van der Waals surface area contributed by atoms with E-state index in [1.54, 1.807) is 0 Å². The number of ether oxygens (including phenoxy) is 4. The molecule has 10 nitrogen and oxygen atoms in total. The molecule has 1 saturated heterocycles. The molecule has 0 aromatic rings. The highest BCUT2D eigenvalue weighted by Crippen LogP contribution is 2.51. The molecular weight excluding hydrogens is 581 g/mol. The Morgan fingerprint density at radius 1 is 1.06 bits per heavy atom. The van der Waals surface area contributed by atoms with Crippen molar-refractivity contribution in [1.29, 1.82) is 0 Å². The zero-order valence-electron chi connectivity index (χ0n) is 15.8. The van der Waals surface area contributed by atoms with Gasteiger partial charge in [0.1, 0.15) is 42.9 Å². The number of fused-ring (bicyclic) bond motifs is 1. The van der Waals surface area contributed by atoms with Gasteiger partial charge in [-0.2, -0.15) is 0 Å². The summed E-state index contributed by atoms with van der Waals surface area (Å²) in [6, 6.07) is 0. The van der Waals surface area contributed by atoms with Gasteiger partial charge in [-0.15, -0.1) is 0 Å². The molecule has 1 fully saturated rings. The van der Waals surface area contributed by atoms with Crippen LogP contribution in [-0.2, 0) is 28.5 Å². The van der Waals surface area contributed by atoms with E-state index in [2.05, 4.69) is 4.74 Å². The number of nitrogens with zero attached hydrogens (tertiary/aromatic N) is 1. The van der Waals surface area contributed by atoms with E-state index in [-0.39, 0.29) is 10.6 Å². The minimum atomic E-state index is -1.89. The summed E-state index contributed by atoms with van der Waals surface area (Å²) < 4.78 is 15.7. The molecule has 0 aromatic carbocycles. The van der Waals surface area contributed by atoms with Gasteiger partial charge >= 0.3 is 18.2 Å². The molecule has 180 valence electrons. The normalized spacial score (nSPS) is 21.5. The summed E-state index contributed by atoms with van der Waals surface area (Å²) in [6.07, 6.45) is -3.24. The van der Waals surface area contributed by atoms with Crippen LogP contribution in [0.5, 0.6) is 0 Å². The summed E-state index contributed by atoms with van der Waals surface area (Å²) in [6.45, 7) is -0.137. The first-order valence-electron chi connectivity index (χ1n) is 8.40. The molecule has 2 amide bonds. The minimum absolute atomic E-state index is 0.171. The van der Waals surface area contributed by atoms with Crippen LogP contribution in [0.4, 0.5) is 9.59 Å². The molecule has 0 radical (unpaired) electrons. The molecule has 2 rings (SSSR count). The topological polar surface area (TPSA) is 134 Å². The number of hydrogen-bond acceptors (Lipinski definition) is 9. The number of hydrogen-bond donors (Lipinski definition) is 1. The Balaban J connectivity index is 2.10. The minimum Gasteiger partial charge on any atom is -0.456 e. The summed E-state index contributed by atoms with van der Waals surface area (Å²) in [5.74, 6) is -2.43. The van der Waals surface area contributed by atoms with Crippen LogP contribution >= 0.6 is 81.4 Å². The van der Waals surface area contributed by atoms with E-state index in [1.165, 1.54) is 6.92 Å². The van der Waals surface area contributed by atoms with Gasteiger partial charge in [-0.25, -0.2) is 14.4 Å². The Kier molecular flexibility index (Phi) is 9.22. The quantitative estimate of drug-likeness (QED) is 0.203. The number of carbonyl (C=O) groups excluding carboxylic acids is 4. The van der Waals surface area contributed by atoms with Crippen molar-refractivity contribution in [2.24, 2.45) is 11.7 Å². The number of carbonyl (C=O) groups is 4. The van der Waals surface area contributed by atoms with Crippen molar-refractivity contribution >= 4 is 105 Å². The Morgan fingerprint density at radius 3 is 2.16 bits per heavy atom. The van der Waals surface area contributed by atoms with Crippen molar-refractivity contribution < 1.29 is 38.1 Å². The molecule has 0 aromatic heterocycles. The van der Waals surface area contributed by atoms with Crippen molar-refractivity contribution in [3.05, 3.63) is 10.6 Å². The number of esters is 1. The first-order chi connectivity index (χ1) is 14.6. The lowest BCUT2D eigenvalue weighted by Gasteiger charge is -2.44. The number of rotatable bonds is 7. The van der Waals surface area contributed by atoms with Gasteiger partial charge in [0, 0.05) is 0 Å². The smallest absolute Gasteiger partial charge is 0.456 e. The van der Waals surface area contributed by atoms with E-state index >= 15 is 0 Å². The maximum absolute atomic E-state index is 12.7. The summed E-state index contributed by atoms with van der Waals surface area (Å²) in [7, 11) is 0. The van der Waals surface area contributed by atoms with Crippen molar-refractivity contribution in [3.8, 4) is 0 Å². The van der Waals surface area contributed by atoms with Crippen molar-refractivity contribution in [1.82, 2.24) is 4.90 Å². The Morgan fingerprint density at radius 2 is 1.62 bits per heavy atom. The summed E-state index contributed by atoms with van der Waals surface area (Å²) >= 11 is 34.2. The second-order valence-corrected chi connectivity index (χ2v) is 12.5. The van der Waals surface area contributed by atoms with Gasteiger partial charge < -0.3 is 24.7 Å². The number of amides is 2. The van der Waals surface area contributed by atoms with E-state index in [4.69, 9.17) is 89.5 Å². The van der Waals surface area contributed by atoms with Crippen LogP contribution in [0.25, 0.3) is 0 Å². The van der Waals surface area contributed by atoms with Crippen LogP contribution in [0.15, 0.2) is 10.6 Å². The molecule has 0 bridgehead atoms. The van der Waals surface area contributed by atoms with Crippen LogP contribution in [0.1, 0.15) is 6.92 Å². The lowest BCUT2D eigenvalue weighted by Crippen LogP contribution is -2.61. The molecule has 2 aliphatic rings. The second kappa shape index (κ2) is 10.7. The fraction of sp³-hybridized carbons (Fsp3) is 0.600. The predicted molar refractivity (Wildman–Crippen MR) is 118 cm³/mol. The first-order valence-corrected chi connectivity index (χ1v) is 11.5. The molecule has 2 heterocycles. The van der Waals surface area contributed by atoms with Crippen molar-refractivity contribution in [3.63, 3.8) is 0 Å². The average Bonchev–Trinajstić information content (AvgIpc) is 2.96. The van der Waals surface area contributed by atoms with Gasteiger partial charge in [0.05, 0.1) is 4.91 Å². The number of primary amides is 1. The van der Waals surface area contributed by atoms with Crippen molar-refractivity contribution in [2.45, 2.75) is 26.0 Å². The van der Waals surface area contributed by atoms with Crippen LogP contribution in [0.2, 0.25) is 0 Å².